The van der Waals surface area contributed by atoms with Crippen molar-refractivity contribution >= 4 is 23.2 Å². The van der Waals surface area contributed by atoms with Crippen LogP contribution in [-0.4, -0.2) is 19.1 Å². The van der Waals surface area contributed by atoms with E-state index >= 15 is 0 Å². The molecule has 0 heterocycles. The van der Waals surface area contributed by atoms with Gasteiger partial charge >= 0.3 is 0 Å². The molecule has 0 aliphatic rings. The van der Waals surface area contributed by atoms with Crippen molar-refractivity contribution in [2.75, 3.05) is 18.5 Å². The molecule has 0 spiro atoms. The molecule has 0 unspecified atom stereocenters. The summed E-state index contributed by atoms with van der Waals surface area (Å²) < 4.78 is 11.2. The Labute approximate surface area is 154 Å². The lowest BCUT2D eigenvalue weighted by Gasteiger charge is -2.10. The van der Waals surface area contributed by atoms with Crippen LogP contribution >= 0.6 is 11.6 Å². The van der Waals surface area contributed by atoms with Crippen LogP contribution < -0.4 is 14.8 Å². The van der Waals surface area contributed by atoms with E-state index < -0.39 is 0 Å². The number of halogens is 1. The smallest absolute Gasteiger partial charge is 0.262 e. The maximum atomic E-state index is 12.0. The highest BCUT2D eigenvalue weighted by molar-refractivity contribution is 6.30. The normalized spacial score (nSPS) is 10.4. The molecular weight excluding hydrogens is 338 g/mol. The number of unbranched alkanes of at least 4 members (excludes halogenated alkanes) is 2. The average Bonchev–Trinajstić information content (AvgIpc) is 2.59. The molecule has 5 heteroatoms. The second-order valence-corrected chi connectivity index (χ2v) is 6.26. The minimum Gasteiger partial charge on any atom is -0.494 e. The van der Waals surface area contributed by atoms with Crippen LogP contribution in [0.1, 0.15) is 31.7 Å². The van der Waals surface area contributed by atoms with Crippen molar-refractivity contribution in [2.45, 2.75) is 33.1 Å². The van der Waals surface area contributed by atoms with Crippen molar-refractivity contribution in [3.05, 3.63) is 53.1 Å². The number of hydrogen-bond donors (Lipinski definition) is 1. The van der Waals surface area contributed by atoms with E-state index in [0.29, 0.717) is 23.1 Å². The number of nitrogens with one attached hydrogen (secondary N) is 1. The molecule has 0 atom stereocenters. The Hall–Kier alpha value is -2.20. The molecule has 0 bridgehead atoms. The van der Waals surface area contributed by atoms with Gasteiger partial charge in [0, 0.05) is 10.7 Å². The van der Waals surface area contributed by atoms with Crippen molar-refractivity contribution in [1.29, 1.82) is 0 Å². The topological polar surface area (TPSA) is 47.6 Å². The van der Waals surface area contributed by atoms with Crippen LogP contribution in [0.3, 0.4) is 0 Å². The van der Waals surface area contributed by atoms with Crippen LogP contribution in [0.4, 0.5) is 5.69 Å². The van der Waals surface area contributed by atoms with Gasteiger partial charge in [-0.3, -0.25) is 4.79 Å². The number of carbonyl (C=O) groups is 1. The van der Waals surface area contributed by atoms with Gasteiger partial charge in [-0.1, -0.05) is 31.4 Å². The van der Waals surface area contributed by atoms with Gasteiger partial charge in [0.25, 0.3) is 5.91 Å². The molecule has 25 heavy (non-hydrogen) atoms. The third kappa shape index (κ3) is 6.67. The number of amides is 1. The summed E-state index contributed by atoms with van der Waals surface area (Å²) in [4.78, 5) is 12.0. The molecule has 2 aromatic rings. The lowest BCUT2D eigenvalue weighted by Crippen LogP contribution is -2.20. The van der Waals surface area contributed by atoms with Gasteiger partial charge in [0.2, 0.25) is 0 Å². The molecule has 1 N–H and O–H groups in total. The van der Waals surface area contributed by atoms with Crippen LogP contribution in [0.5, 0.6) is 11.5 Å². The first kappa shape index (κ1) is 19.1. The first-order valence-corrected chi connectivity index (χ1v) is 8.88. The Bertz CT molecular complexity index is 686. The van der Waals surface area contributed by atoms with Crippen LogP contribution in [-0.2, 0) is 4.79 Å². The Morgan fingerprint density at radius 3 is 2.52 bits per heavy atom. The molecule has 0 saturated heterocycles. The van der Waals surface area contributed by atoms with Crippen LogP contribution in [0.2, 0.25) is 5.02 Å². The zero-order valence-electron chi connectivity index (χ0n) is 14.7. The maximum absolute atomic E-state index is 12.0. The summed E-state index contributed by atoms with van der Waals surface area (Å²) in [5.74, 6) is 1.24. The highest BCUT2D eigenvalue weighted by atomic mass is 35.5. The molecule has 0 aromatic heterocycles. The molecular formula is C20H24ClNO3. The Balaban J connectivity index is 1.78. The first-order valence-electron chi connectivity index (χ1n) is 8.50. The largest absolute Gasteiger partial charge is 0.494 e. The summed E-state index contributed by atoms with van der Waals surface area (Å²) in [5.41, 5.74) is 1.60. The van der Waals surface area contributed by atoms with E-state index in [1.807, 2.05) is 31.2 Å². The quantitative estimate of drug-likeness (QED) is 0.621. The number of rotatable bonds is 9. The minimum absolute atomic E-state index is 0.0578. The zero-order valence-corrected chi connectivity index (χ0v) is 15.4. The van der Waals surface area contributed by atoms with Crippen LogP contribution in [0, 0.1) is 6.92 Å². The van der Waals surface area contributed by atoms with E-state index in [1.165, 1.54) is 12.8 Å². The molecule has 0 fully saturated rings. The van der Waals surface area contributed by atoms with Gasteiger partial charge < -0.3 is 14.8 Å². The summed E-state index contributed by atoms with van der Waals surface area (Å²) in [7, 11) is 0. The molecule has 134 valence electrons. The highest BCUT2D eigenvalue weighted by Gasteiger charge is 2.06. The second kappa shape index (κ2) is 9.94. The fourth-order valence-electron chi connectivity index (χ4n) is 2.29. The van der Waals surface area contributed by atoms with Crippen LogP contribution in [0.15, 0.2) is 42.5 Å². The Morgan fingerprint density at radius 1 is 1.08 bits per heavy atom. The van der Waals surface area contributed by atoms with E-state index in [4.69, 9.17) is 21.1 Å². The molecule has 0 aliphatic carbocycles. The van der Waals surface area contributed by atoms with Gasteiger partial charge in [-0.15, -0.1) is 0 Å². The summed E-state index contributed by atoms with van der Waals surface area (Å²) >= 11 is 5.90. The number of aryl methyl sites for hydroxylation is 1. The Morgan fingerprint density at radius 2 is 1.84 bits per heavy atom. The molecule has 0 aliphatic heterocycles. The van der Waals surface area contributed by atoms with E-state index in [-0.39, 0.29) is 12.5 Å². The third-order valence-corrected chi connectivity index (χ3v) is 3.89. The van der Waals surface area contributed by atoms with Crippen molar-refractivity contribution in [3.8, 4) is 11.5 Å². The minimum atomic E-state index is -0.217. The van der Waals surface area contributed by atoms with Crippen molar-refractivity contribution in [3.63, 3.8) is 0 Å². The third-order valence-electron chi connectivity index (χ3n) is 3.65. The van der Waals surface area contributed by atoms with Gasteiger partial charge in [-0.05, 0) is 61.4 Å². The Kier molecular flexibility index (Phi) is 7.61. The van der Waals surface area contributed by atoms with Crippen molar-refractivity contribution in [1.82, 2.24) is 0 Å². The van der Waals surface area contributed by atoms with Crippen LogP contribution in [0.25, 0.3) is 0 Å². The first-order chi connectivity index (χ1) is 12.1. The lowest BCUT2D eigenvalue weighted by atomic mass is 10.2. The fraction of sp³-hybridized carbons (Fsp3) is 0.350. The average molecular weight is 362 g/mol. The van der Waals surface area contributed by atoms with E-state index in [9.17, 15) is 4.79 Å². The van der Waals surface area contributed by atoms with Gasteiger partial charge in [-0.2, -0.15) is 0 Å². The van der Waals surface area contributed by atoms with Gasteiger partial charge in [0.1, 0.15) is 11.5 Å². The van der Waals surface area contributed by atoms with Gasteiger partial charge in [-0.25, -0.2) is 0 Å². The maximum Gasteiger partial charge on any atom is 0.262 e. The predicted molar refractivity (Wildman–Crippen MR) is 102 cm³/mol. The van der Waals surface area contributed by atoms with Gasteiger partial charge in [0.05, 0.1) is 6.61 Å². The van der Waals surface area contributed by atoms with E-state index in [0.717, 1.165) is 17.7 Å². The molecule has 4 nitrogen and oxygen atoms in total. The van der Waals surface area contributed by atoms with E-state index in [1.54, 1.807) is 18.2 Å². The monoisotopic (exact) mass is 361 g/mol. The highest BCUT2D eigenvalue weighted by Crippen LogP contribution is 2.22. The number of benzene rings is 2. The summed E-state index contributed by atoms with van der Waals surface area (Å²) in [6.07, 6.45) is 3.39. The van der Waals surface area contributed by atoms with E-state index in [2.05, 4.69) is 12.2 Å². The van der Waals surface area contributed by atoms with Crippen molar-refractivity contribution < 1.29 is 14.3 Å². The number of ether oxygens (including phenoxy) is 2. The molecule has 2 aromatic carbocycles. The summed E-state index contributed by atoms with van der Waals surface area (Å²) in [6.45, 7) is 4.71. The molecule has 0 saturated carbocycles. The second-order valence-electron chi connectivity index (χ2n) is 5.83. The predicted octanol–water partition coefficient (Wildman–Crippen LogP) is 5.23. The SMILES string of the molecule is CCCCCOc1ccc(NC(=O)COc2ccc(Cl)cc2C)cc1. The summed E-state index contributed by atoms with van der Waals surface area (Å²) in [6, 6.07) is 12.6. The fourth-order valence-corrected chi connectivity index (χ4v) is 2.52. The number of hydrogen-bond acceptors (Lipinski definition) is 3. The molecule has 1 amide bonds. The number of carbonyl (C=O) groups excluding carboxylic acids is 1. The molecule has 0 radical (unpaired) electrons. The standard InChI is InChI=1S/C20H24ClNO3/c1-3-4-5-12-24-18-9-7-17(8-10-18)22-20(23)14-25-19-11-6-16(21)13-15(19)2/h6-11,13H,3-5,12,14H2,1-2H3,(H,22,23). The lowest BCUT2D eigenvalue weighted by molar-refractivity contribution is -0.118. The summed E-state index contributed by atoms with van der Waals surface area (Å²) in [5, 5.41) is 3.45. The zero-order chi connectivity index (χ0) is 18.1. The van der Waals surface area contributed by atoms with Gasteiger partial charge in [0.15, 0.2) is 6.61 Å². The number of anilines is 1. The van der Waals surface area contributed by atoms with Crippen molar-refractivity contribution in [2.24, 2.45) is 0 Å². The molecule has 2 rings (SSSR count).